The first-order chi connectivity index (χ1) is 9.61. The molecule has 4 heteroatoms. The van der Waals surface area contributed by atoms with Gasteiger partial charge in [0.05, 0.1) is 11.8 Å². The van der Waals surface area contributed by atoms with Gasteiger partial charge in [0, 0.05) is 11.5 Å². The third-order valence-electron chi connectivity index (χ3n) is 3.18. The predicted octanol–water partition coefficient (Wildman–Crippen LogP) is 4.57. The Morgan fingerprint density at radius 2 is 1.85 bits per heavy atom. The number of halogens is 1. The molecule has 0 unspecified atom stereocenters. The summed E-state index contributed by atoms with van der Waals surface area (Å²) in [6.45, 7) is 4.05. The van der Waals surface area contributed by atoms with Gasteiger partial charge in [0.25, 0.3) is 0 Å². The molecular weight excluding hydrogens is 316 g/mol. The summed E-state index contributed by atoms with van der Waals surface area (Å²) in [5.41, 5.74) is 2.05. The molecule has 0 radical (unpaired) electrons. The Morgan fingerprint density at radius 3 is 2.45 bits per heavy atom. The highest BCUT2D eigenvalue weighted by Gasteiger charge is 2.27. The number of nitrogens with zero attached hydrogens (tertiary/aromatic N) is 2. The highest BCUT2D eigenvalue weighted by molar-refractivity contribution is 9.10. The Hall–Kier alpha value is -1.42. The zero-order valence-electron chi connectivity index (χ0n) is 11.6. The molecule has 1 fully saturated rings. The van der Waals surface area contributed by atoms with E-state index in [1.165, 1.54) is 12.8 Å². The molecule has 1 aromatic carbocycles. The van der Waals surface area contributed by atoms with Crippen LogP contribution in [0.4, 0.5) is 0 Å². The van der Waals surface area contributed by atoms with Crippen LogP contribution in [0.25, 0.3) is 11.3 Å². The molecule has 0 atom stereocenters. The average molecular weight is 333 g/mol. The molecule has 0 bridgehead atoms. The maximum atomic E-state index is 5.66. The zero-order chi connectivity index (χ0) is 14.1. The van der Waals surface area contributed by atoms with Crippen LogP contribution in [0.3, 0.4) is 0 Å². The van der Waals surface area contributed by atoms with Gasteiger partial charge in [-0.05, 0) is 73.0 Å². The molecule has 20 heavy (non-hydrogen) atoms. The van der Waals surface area contributed by atoms with Gasteiger partial charge in [0.15, 0.2) is 0 Å². The molecule has 1 aliphatic rings. The largest absolute Gasteiger partial charge is 0.491 e. The van der Waals surface area contributed by atoms with Crippen molar-refractivity contribution in [3.05, 3.63) is 40.8 Å². The van der Waals surface area contributed by atoms with Gasteiger partial charge in [-0.2, -0.15) is 0 Å². The number of rotatable bonds is 4. The standard InChI is InChI=1S/C16H17BrN2O/c1-10(2)20-13-7-5-11(6-8-13)14-9-15(17)19-16(18-14)12-3-4-12/h5-10,12H,3-4H2,1-2H3. The smallest absolute Gasteiger partial charge is 0.133 e. The van der Waals surface area contributed by atoms with Crippen LogP contribution < -0.4 is 4.74 Å². The van der Waals surface area contributed by atoms with E-state index < -0.39 is 0 Å². The first-order valence-corrected chi connectivity index (χ1v) is 7.72. The van der Waals surface area contributed by atoms with Crippen LogP contribution in [0.5, 0.6) is 5.75 Å². The van der Waals surface area contributed by atoms with Crippen LogP contribution in [0.1, 0.15) is 38.4 Å². The van der Waals surface area contributed by atoms with Crippen molar-refractivity contribution in [2.45, 2.75) is 38.7 Å². The van der Waals surface area contributed by atoms with Crippen LogP contribution in [-0.4, -0.2) is 16.1 Å². The number of aromatic nitrogens is 2. The fourth-order valence-electron chi connectivity index (χ4n) is 2.08. The lowest BCUT2D eigenvalue weighted by atomic mass is 10.1. The van der Waals surface area contributed by atoms with E-state index in [2.05, 4.69) is 25.9 Å². The molecule has 0 saturated heterocycles. The van der Waals surface area contributed by atoms with E-state index in [-0.39, 0.29) is 6.10 Å². The molecule has 2 aromatic rings. The van der Waals surface area contributed by atoms with Gasteiger partial charge in [-0.25, -0.2) is 9.97 Å². The summed E-state index contributed by atoms with van der Waals surface area (Å²) >= 11 is 3.48. The van der Waals surface area contributed by atoms with Crippen molar-refractivity contribution in [1.82, 2.24) is 9.97 Å². The van der Waals surface area contributed by atoms with Crippen LogP contribution >= 0.6 is 15.9 Å². The van der Waals surface area contributed by atoms with Crippen LogP contribution in [0.2, 0.25) is 0 Å². The lowest BCUT2D eigenvalue weighted by molar-refractivity contribution is 0.242. The van der Waals surface area contributed by atoms with Crippen molar-refractivity contribution >= 4 is 15.9 Å². The Labute approximate surface area is 127 Å². The van der Waals surface area contributed by atoms with E-state index in [1.54, 1.807) is 0 Å². The molecule has 1 saturated carbocycles. The van der Waals surface area contributed by atoms with Crippen molar-refractivity contribution in [1.29, 1.82) is 0 Å². The minimum absolute atomic E-state index is 0.190. The molecule has 0 amide bonds. The highest BCUT2D eigenvalue weighted by atomic mass is 79.9. The summed E-state index contributed by atoms with van der Waals surface area (Å²) in [4.78, 5) is 9.13. The molecule has 3 rings (SSSR count). The Bertz CT molecular complexity index is 606. The maximum absolute atomic E-state index is 5.66. The number of hydrogen-bond acceptors (Lipinski definition) is 3. The Kier molecular flexibility index (Phi) is 3.74. The van der Waals surface area contributed by atoms with Gasteiger partial charge < -0.3 is 4.74 Å². The average Bonchev–Trinajstić information content (AvgIpc) is 3.22. The van der Waals surface area contributed by atoms with Crippen LogP contribution in [0.15, 0.2) is 34.9 Å². The summed E-state index contributed by atoms with van der Waals surface area (Å²) in [6.07, 6.45) is 2.60. The summed E-state index contributed by atoms with van der Waals surface area (Å²) in [5, 5.41) is 0. The number of ether oxygens (including phenoxy) is 1. The molecule has 0 N–H and O–H groups in total. The molecule has 1 aromatic heterocycles. The quantitative estimate of drug-likeness (QED) is 0.769. The number of benzene rings is 1. The van der Waals surface area contributed by atoms with E-state index in [1.807, 2.05) is 44.2 Å². The van der Waals surface area contributed by atoms with E-state index >= 15 is 0 Å². The maximum Gasteiger partial charge on any atom is 0.133 e. The second kappa shape index (κ2) is 5.52. The number of hydrogen-bond donors (Lipinski definition) is 0. The minimum Gasteiger partial charge on any atom is -0.491 e. The van der Waals surface area contributed by atoms with Crippen molar-refractivity contribution in [2.75, 3.05) is 0 Å². The van der Waals surface area contributed by atoms with E-state index in [0.29, 0.717) is 5.92 Å². The van der Waals surface area contributed by atoms with Gasteiger partial charge in [0.1, 0.15) is 16.2 Å². The van der Waals surface area contributed by atoms with E-state index in [4.69, 9.17) is 4.74 Å². The molecule has 104 valence electrons. The van der Waals surface area contributed by atoms with E-state index in [9.17, 15) is 0 Å². The molecule has 1 aliphatic carbocycles. The third-order valence-corrected chi connectivity index (χ3v) is 3.58. The molecule has 1 heterocycles. The van der Waals surface area contributed by atoms with Gasteiger partial charge in [0.2, 0.25) is 0 Å². The van der Waals surface area contributed by atoms with Crippen molar-refractivity contribution in [3.63, 3.8) is 0 Å². The fraction of sp³-hybridized carbons (Fsp3) is 0.375. The van der Waals surface area contributed by atoms with E-state index in [0.717, 1.165) is 27.4 Å². The highest BCUT2D eigenvalue weighted by Crippen LogP contribution is 2.39. The van der Waals surface area contributed by atoms with Crippen LogP contribution in [0, 0.1) is 0 Å². The van der Waals surface area contributed by atoms with Gasteiger partial charge in [-0.1, -0.05) is 0 Å². The SMILES string of the molecule is CC(C)Oc1ccc(-c2cc(Br)nc(C3CC3)n2)cc1. The summed E-state index contributed by atoms with van der Waals surface area (Å²) in [7, 11) is 0. The van der Waals surface area contributed by atoms with Gasteiger partial charge in [-0.3, -0.25) is 0 Å². The minimum atomic E-state index is 0.190. The monoisotopic (exact) mass is 332 g/mol. The summed E-state index contributed by atoms with van der Waals surface area (Å²) < 4.78 is 6.51. The first kappa shape index (κ1) is 13.6. The van der Waals surface area contributed by atoms with Crippen LogP contribution in [-0.2, 0) is 0 Å². The predicted molar refractivity (Wildman–Crippen MR) is 82.9 cm³/mol. The van der Waals surface area contributed by atoms with Gasteiger partial charge in [-0.15, -0.1) is 0 Å². The summed E-state index contributed by atoms with van der Waals surface area (Å²) in [5.74, 6) is 2.39. The second-order valence-electron chi connectivity index (χ2n) is 5.40. The third kappa shape index (κ3) is 3.18. The summed E-state index contributed by atoms with van der Waals surface area (Å²) in [6, 6.07) is 10.0. The zero-order valence-corrected chi connectivity index (χ0v) is 13.2. The normalized spacial score (nSPS) is 14.6. The van der Waals surface area contributed by atoms with Crippen molar-refractivity contribution in [2.24, 2.45) is 0 Å². The molecule has 0 aliphatic heterocycles. The lowest BCUT2D eigenvalue weighted by Gasteiger charge is -2.10. The van der Waals surface area contributed by atoms with Crippen molar-refractivity contribution in [3.8, 4) is 17.0 Å². The van der Waals surface area contributed by atoms with Crippen molar-refractivity contribution < 1.29 is 4.74 Å². The molecule has 3 nitrogen and oxygen atoms in total. The topological polar surface area (TPSA) is 35.0 Å². The van der Waals surface area contributed by atoms with Gasteiger partial charge >= 0.3 is 0 Å². The first-order valence-electron chi connectivity index (χ1n) is 6.93. The molecule has 0 spiro atoms. The second-order valence-corrected chi connectivity index (χ2v) is 6.21. The Balaban J connectivity index is 1.88. The fourth-order valence-corrected chi connectivity index (χ4v) is 2.48. The molecular formula is C16H17BrN2O. The lowest BCUT2D eigenvalue weighted by Crippen LogP contribution is -2.05. The Morgan fingerprint density at radius 1 is 1.15 bits per heavy atom.